The molecule has 2 saturated heterocycles. The van der Waals surface area contributed by atoms with Crippen molar-refractivity contribution in [1.82, 2.24) is 0 Å². The van der Waals surface area contributed by atoms with E-state index in [-0.39, 0.29) is 38.3 Å². The summed E-state index contributed by atoms with van der Waals surface area (Å²) >= 11 is 0. The first kappa shape index (κ1) is 25.0. The highest BCUT2D eigenvalue weighted by molar-refractivity contribution is 5.77. The molecule has 2 atom stereocenters. The number of hydrogen-bond donors (Lipinski definition) is 2. The van der Waals surface area contributed by atoms with Crippen molar-refractivity contribution in [1.29, 1.82) is 0 Å². The molecule has 8 nitrogen and oxygen atoms in total. The van der Waals surface area contributed by atoms with Crippen molar-refractivity contribution in [3.63, 3.8) is 0 Å². The molecule has 0 aromatic heterocycles. The third kappa shape index (κ3) is 7.18. The number of ether oxygens (including phenoxy) is 4. The monoisotopic (exact) mass is 430 g/mol. The van der Waals surface area contributed by atoms with Gasteiger partial charge >= 0.3 is 11.9 Å². The SMILES string of the molecule is CCCCCC.O=C(O)CCC(OCC1CO1)(OCC1CO1)C1(C(=O)O)CCCC1. The van der Waals surface area contributed by atoms with Crippen LogP contribution in [0.1, 0.15) is 78.1 Å². The lowest BCUT2D eigenvalue weighted by molar-refractivity contribution is -0.302. The van der Waals surface area contributed by atoms with Gasteiger partial charge in [0.2, 0.25) is 0 Å². The van der Waals surface area contributed by atoms with Crippen LogP contribution in [-0.2, 0) is 28.5 Å². The fourth-order valence-electron chi connectivity index (χ4n) is 3.99. The van der Waals surface area contributed by atoms with Gasteiger partial charge in [0.25, 0.3) is 0 Å². The Hall–Kier alpha value is -1.22. The van der Waals surface area contributed by atoms with Gasteiger partial charge in [-0.05, 0) is 12.8 Å². The Bertz CT molecular complexity index is 515. The van der Waals surface area contributed by atoms with Crippen LogP contribution in [0.25, 0.3) is 0 Å². The minimum absolute atomic E-state index is 0.00588. The van der Waals surface area contributed by atoms with E-state index in [4.69, 9.17) is 24.1 Å². The highest BCUT2D eigenvalue weighted by atomic mass is 16.7. The molecular formula is C22H38O8. The molecule has 2 aliphatic heterocycles. The predicted octanol–water partition coefficient (Wildman–Crippen LogP) is 3.61. The number of unbranched alkanes of at least 4 members (excludes halogenated alkanes) is 3. The van der Waals surface area contributed by atoms with Crippen LogP contribution < -0.4 is 0 Å². The van der Waals surface area contributed by atoms with Gasteiger partial charge in [-0.2, -0.15) is 0 Å². The number of aliphatic carboxylic acids is 2. The molecule has 2 unspecified atom stereocenters. The van der Waals surface area contributed by atoms with E-state index in [0.29, 0.717) is 26.1 Å². The summed E-state index contributed by atoms with van der Waals surface area (Å²) in [6.07, 6.45) is 7.53. The van der Waals surface area contributed by atoms with Gasteiger partial charge in [0.05, 0.1) is 32.8 Å². The molecule has 0 aromatic rings. The molecule has 0 amide bonds. The van der Waals surface area contributed by atoms with Crippen molar-refractivity contribution in [3.05, 3.63) is 0 Å². The number of carbonyl (C=O) groups is 2. The van der Waals surface area contributed by atoms with E-state index in [2.05, 4.69) is 13.8 Å². The molecule has 8 heteroatoms. The molecule has 30 heavy (non-hydrogen) atoms. The third-order valence-corrected chi connectivity index (χ3v) is 6.03. The average molecular weight is 431 g/mol. The van der Waals surface area contributed by atoms with E-state index in [0.717, 1.165) is 12.8 Å². The summed E-state index contributed by atoms with van der Waals surface area (Å²) < 4.78 is 22.3. The normalized spacial score (nSPS) is 25.7. The summed E-state index contributed by atoms with van der Waals surface area (Å²) in [5.74, 6) is -3.46. The van der Waals surface area contributed by atoms with Crippen molar-refractivity contribution in [3.8, 4) is 0 Å². The van der Waals surface area contributed by atoms with Gasteiger partial charge in [-0.25, -0.2) is 0 Å². The first-order chi connectivity index (χ1) is 14.4. The van der Waals surface area contributed by atoms with Crippen LogP contribution in [0, 0.1) is 5.41 Å². The van der Waals surface area contributed by atoms with Gasteiger partial charge in [0.1, 0.15) is 17.6 Å². The standard InChI is InChI=1S/C16H24O8.C6H14/c17-13(18)3-6-16(23-9-11-7-21-11,24-10-12-8-22-12)15(14(19)20)4-1-2-5-15;1-3-5-6-4-2/h11-12H,1-10H2,(H,17,18)(H,19,20);3-6H2,1-2H3. The molecule has 174 valence electrons. The zero-order chi connectivity index (χ0) is 22.0. The van der Waals surface area contributed by atoms with Gasteiger partial charge in [-0.15, -0.1) is 0 Å². The Morgan fingerprint density at radius 1 is 0.967 bits per heavy atom. The largest absolute Gasteiger partial charge is 0.481 e. The van der Waals surface area contributed by atoms with E-state index < -0.39 is 23.1 Å². The van der Waals surface area contributed by atoms with Crippen molar-refractivity contribution < 1.29 is 38.7 Å². The second kappa shape index (κ2) is 12.0. The van der Waals surface area contributed by atoms with Crippen LogP contribution >= 0.6 is 0 Å². The second-order valence-corrected chi connectivity index (χ2v) is 8.48. The molecule has 3 aliphatic rings. The topological polar surface area (TPSA) is 118 Å². The minimum atomic E-state index is -1.47. The van der Waals surface area contributed by atoms with Crippen LogP contribution in [0.4, 0.5) is 0 Å². The lowest BCUT2D eigenvalue weighted by atomic mass is 9.75. The molecule has 1 aliphatic carbocycles. The Balaban J connectivity index is 0.000000469. The first-order valence-corrected chi connectivity index (χ1v) is 11.4. The molecule has 2 N–H and O–H groups in total. The van der Waals surface area contributed by atoms with Gasteiger partial charge < -0.3 is 29.2 Å². The Kier molecular flexibility index (Phi) is 10.0. The van der Waals surface area contributed by atoms with Crippen molar-refractivity contribution in [2.24, 2.45) is 5.41 Å². The maximum atomic E-state index is 12.2. The summed E-state index contributed by atoms with van der Waals surface area (Å²) in [6, 6.07) is 0. The molecular weight excluding hydrogens is 392 g/mol. The smallest absolute Gasteiger partial charge is 0.315 e. The van der Waals surface area contributed by atoms with Crippen LogP contribution in [0.15, 0.2) is 0 Å². The lowest BCUT2D eigenvalue weighted by Crippen LogP contribution is -2.56. The van der Waals surface area contributed by atoms with Gasteiger partial charge in [0.15, 0.2) is 5.79 Å². The minimum Gasteiger partial charge on any atom is -0.481 e. The molecule has 1 saturated carbocycles. The summed E-state index contributed by atoms with van der Waals surface area (Å²) in [4.78, 5) is 23.3. The lowest BCUT2D eigenvalue weighted by Gasteiger charge is -2.45. The van der Waals surface area contributed by atoms with E-state index in [9.17, 15) is 14.7 Å². The number of carboxylic acid groups (broad SMARTS) is 2. The highest BCUT2D eigenvalue weighted by Crippen LogP contribution is 2.52. The fourth-order valence-corrected chi connectivity index (χ4v) is 3.99. The number of hydrogen-bond acceptors (Lipinski definition) is 6. The van der Waals surface area contributed by atoms with Crippen LogP contribution in [0.5, 0.6) is 0 Å². The summed E-state index contributed by atoms with van der Waals surface area (Å²) in [5.41, 5.74) is -1.23. The highest BCUT2D eigenvalue weighted by Gasteiger charge is 2.61. The van der Waals surface area contributed by atoms with Crippen molar-refractivity contribution in [2.75, 3.05) is 26.4 Å². The van der Waals surface area contributed by atoms with Crippen LogP contribution in [0.3, 0.4) is 0 Å². The van der Waals surface area contributed by atoms with Crippen LogP contribution in [0.2, 0.25) is 0 Å². The molecule has 3 fully saturated rings. The van der Waals surface area contributed by atoms with E-state index >= 15 is 0 Å². The average Bonchev–Trinajstić information content (AvgIpc) is 3.66. The third-order valence-electron chi connectivity index (χ3n) is 6.03. The quantitative estimate of drug-likeness (QED) is 0.244. The maximum absolute atomic E-state index is 12.2. The number of rotatable bonds is 14. The zero-order valence-corrected chi connectivity index (χ0v) is 18.4. The summed E-state index contributed by atoms with van der Waals surface area (Å²) in [7, 11) is 0. The molecule has 0 radical (unpaired) electrons. The van der Waals surface area contributed by atoms with E-state index in [1.807, 2.05) is 0 Å². The molecule has 0 spiro atoms. The molecule has 3 rings (SSSR count). The predicted molar refractivity (Wildman–Crippen MR) is 109 cm³/mol. The Morgan fingerprint density at radius 3 is 1.77 bits per heavy atom. The zero-order valence-electron chi connectivity index (χ0n) is 18.4. The van der Waals surface area contributed by atoms with Gasteiger partial charge in [-0.1, -0.05) is 52.4 Å². The molecule has 0 aromatic carbocycles. The maximum Gasteiger partial charge on any atom is 0.315 e. The number of epoxide rings is 2. The summed E-state index contributed by atoms with van der Waals surface area (Å²) in [5, 5.41) is 19.1. The van der Waals surface area contributed by atoms with Crippen molar-refractivity contribution >= 4 is 11.9 Å². The number of carboxylic acids is 2. The van der Waals surface area contributed by atoms with Gasteiger partial charge in [-0.3, -0.25) is 9.59 Å². The fraction of sp³-hybridized carbons (Fsp3) is 0.909. The molecule has 2 heterocycles. The Morgan fingerprint density at radius 2 is 1.43 bits per heavy atom. The molecule has 0 bridgehead atoms. The van der Waals surface area contributed by atoms with Gasteiger partial charge in [0, 0.05) is 6.42 Å². The van der Waals surface area contributed by atoms with Crippen LogP contribution in [-0.4, -0.2) is 66.6 Å². The van der Waals surface area contributed by atoms with Crippen molar-refractivity contribution in [2.45, 2.75) is 96.1 Å². The second-order valence-electron chi connectivity index (χ2n) is 8.48. The Labute approximate surface area is 179 Å². The van der Waals surface area contributed by atoms with E-state index in [1.165, 1.54) is 25.7 Å². The first-order valence-electron chi connectivity index (χ1n) is 11.4. The van der Waals surface area contributed by atoms with E-state index in [1.54, 1.807) is 0 Å². The summed E-state index contributed by atoms with van der Waals surface area (Å²) in [6.45, 7) is 6.02.